The molecule has 168 valence electrons. The first kappa shape index (κ1) is 25.0. The van der Waals surface area contributed by atoms with Gasteiger partial charge in [0.15, 0.2) is 5.96 Å². The first-order valence-electron chi connectivity index (χ1n) is 10.7. The Kier molecular flexibility index (Phi) is 10.1. The van der Waals surface area contributed by atoms with Crippen molar-refractivity contribution >= 4 is 41.5 Å². The van der Waals surface area contributed by atoms with Crippen molar-refractivity contribution in [2.75, 3.05) is 38.6 Å². The van der Waals surface area contributed by atoms with Crippen LogP contribution < -0.4 is 15.5 Å². The van der Waals surface area contributed by atoms with E-state index in [2.05, 4.69) is 69.9 Å². The summed E-state index contributed by atoms with van der Waals surface area (Å²) in [5.74, 6) is 0.682. The van der Waals surface area contributed by atoms with Crippen molar-refractivity contribution in [3.05, 3.63) is 66.2 Å². The topological polar surface area (TPSA) is 60.0 Å². The van der Waals surface area contributed by atoms with Crippen LogP contribution in [-0.4, -0.2) is 56.5 Å². The molecule has 1 heterocycles. The number of benzene rings is 2. The maximum Gasteiger partial charge on any atom is 0.243 e. The lowest BCUT2D eigenvalue weighted by molar-refractivity contribution is -0.127. The predicted octanol–water partition coefficient (Wildman–Crippen LogP) is 3.66. The van der Waals surface area contributed by atoms with Crippen molar-refractivity contribution in [3.8, 4) is 0 Å². The molecular formula is C24H34IN5O. The molecule has 0 aromatic heterocycles. The molecule has 1 unspecified atom stereocenters. The highest BCUT2D eigenvalue weighted by Gasteiger charge is 2.21. The van der Waals surface area contributed by atoms with E-state index in [0.717, 1.165) is 25.9 Å². The first-order chi connectivity index (χ1) is 14.5. The highest BCUT2D eigenvalue weighted by molar-refractivity contribution is 14.0. The number of aliphatic imine (C=N–C) groups is 1. The molecule has 0 saturated carbocycles. The summed E-state index contributed by atoms with van der Waals surface area (Å²) in [5.41, 5.74) is 2.46. The third kappa shape index (κ3) is 7.72. The molecule has 1 saturated heterocycles. The maximum absolute atomic E-state index is 12.1. The van der Waals surface area contributed by atoms with Gasteiger partial charge in [0, 0.05) is 38.9 Å². The Balaban J connectivity index is 0.00000341. The number of halogens is 1. The van der Waals surface area contributed by atoms with Gasteiger partial charge in [-0.2, -0.15) is 0 Å². The number of rotatable bonds is 6. The quantitative estimate of drug-likeness (QED) is 0.337. The number of piperidine rings is 1. The highest BCUT2D eigenvalue weighted by atomic mass is 127. The van der Waals surface area contributed by atoms with Gasteiger partial charge in [-0.15, -0.1) is 24.0 Å². The Morgan fingerprint density at radius 3 is 2.23 bits per heavy atom. The standard InChI is InChI=1S/C24H33N5O.HI/c1-19(20-10-6-4-7-11-20)26-24(25-18-23(30)28(2)3)27-21-14-16-29(17-15-21)22-12-8-5-9-13-22;/h4-13,19,21H,14-18H2,1-3H3,(H2,25,26,27);1H. The van der Waals surface area contributed by atoms with Gasteiger partial charge in [0.05, 0.1) is 6.04 Å². The number of anilines is 1. The van der Waals surface area contributed by atoms with Crippen molar-refractivity contribution in [2.24, 2.45) is 4.99 Å². The molecule has 0 spiro atoms. The van der Waals surface area contributed by atoms with Crippen LogP contribution in [-0.2, 0) is 4.79 Å². The van der Waals surface area contributed by atoms with E-state index in [1.54, 1.807) is 19.0 Å². The Morgan fingerprint density at radius 1 is 1.06 bits per heavy atom. The van der Waals surface area contributed by atoms with Crippen LogP contribution in [0.4, 0.5) is 5.69 Å². The summed E-state index contributed by atoms with van der Waals surface area (Å²) >= 11 is 0. The van der Waals surface area contributed by atoms with Gasteiger partial charge in [-0.05, 0) is 37.5 Å². The lowest BCUT2D eigenvalue weighted by Gasteiger charge is -2.35. The zero-order chi connectivity index (χ0) is 21.3. The van der Waals surface area contributed by atoms with Crippen LogP contribution in [0.15, 0.2) is 65.7 Å². The molecule has 1 fully saturated rings. The van der Waals surface area contributed by atoms with Gasteiger partial charge in [0.1, 0.15) is 6.54 Å². The monoisotopic (exact) mass is 535 g/mol. The minimum Gasteiger partial charge on any atom is -0.371 e. The molecule has 31 heavy (non-hydrogen) atoms. The number of nitrogens with one attached hydrogen (secondary N) is 2. The number of carbonyl (C=O) groups excluding carboxylic acids is 1. The van der Waals surface area contributed by atoms with Crippen LogP contribution in [0.5, 0.6) is 0 Å². The second-order valence-corrected chi connectivity index (χ2v) is 7.97. The molecular weight excluding hydrogens is 501 g/mol. The van der Waals surface area contributed by atoms with Gasteiger partial charge in [-0.3, -0.25) is 4.79 Å². The van der Waals surface area contributed by atoms with Crippen molar-refractivity contribution in [1.82, 2.24) is 15.5 Å². The first-order valence-corrected chi connectivity index (χ1v) is 10.7. The summed E-state index contributed by atoms with van der Waals surface area (Å²) in [6, 6.07) is 21.2. The van der Waals surface area contributed by atoms with Crippen LogP contribution in [0.25, 0.3) is 0 Å². The Morgan fingerprint density at radius 2 is 1.65 bits per heavy atom. The van der Waals surface area contributed by atoms with Crippen LogP contribution in [0.2, 0.25) is 0 Å². The van der Waals surface area contributed by atoms with E-state index in [-0.39, 0.29) is 42.5 Å². The molecule has 6 nitrogen and oxygen atoms in total. The maximum atomic E-state index is 12.1. The summed E-state index contributed by atoms with van der Waals surface area (Å²) in [6.45, 7) is 4.24. The van der Waals surface area contributed by atoms with E-state index >= 15 is 0 Å². The summed E-state index contributed by atoms with van der Waals surface area (Å²) in [5, 5.41) is 7.04. The average molecular weight is 535 g/mol. The van der Waals surface area contributed by atoms with Crippen LogP contribution in [0.1, 0.15) is 31.4 Å². The van der Waals surface area contributed by atoms with E-state index in [1.807, 2.05) is 18.2 Å². The molecule has 1 amide bonds. The predicted molar refractivity (Wildman–Crippen MR) is 139 cm³/mol. The van der Waals surface area contributed by atoms with E-state index < -0.39 is 0 Å². The van der Waals surface area contributed by atoms with E-state index in [9.17, 15) is 4.79 Å². The fraction of sp³-hybridized carbons (Fsp3) is 0.417. The van der Waals surface area contributed by atoms with Crippen molar-refractivity contribution in [2.45, 2.75) is 31.8 Å². The summed E-state index contributed by atoms with van der Waals surface area (Å²) < 4.78 is 0. The number of hydrogen-bond donors (Lipinski definition) is 2. The number of likely N-dealkylation sites (N-methyl/N-ethyl adjacent to an activating group) is 1. The smallest absolute Gasteiger partial charge is 0.243 e. The number of amides is 1. The van der Waals surface area contributed by atoms with Crippen molar-refractivity contribution in [3.63, 3.8) is 0 Å². The fourth-order valence-electron chi connectivity index (χ4n) is 3.57. The molecule has 2 aromatic carbocycles. The molecule has 1 aliphatic heterocycles. The molecule has 0 radical (unpaired) electrons. The summed E-state index contributed by atoms with van der Waals surface area (Å²) in [7, 11) is 3.51. The second kappa shape index (κ2) is 12.5. The minimum atomic E-state index is -0.0117. The van der Waals surface area contributed by atoms with Crippen molar-refractivity contribution < 1.29 is 4.79 Å². The molecule has 1 aliphatic rings. The normalized spacial score (nSPS) is 15.6. The van der Waals surface area contributed by atoms with Crippen molar-refractivity contribution in [1.29, 1.82) is 0 Å². The zero-order valence-corrected chi connectivity index (χ0v) is 21.0. The number of guanidine groups is 1. The zero-order valence-electron chi connectivity index (χ0n) is 18.6. The summed E-state index contributed by atoms with van der Waals surface area (Å²) in [4.78, 5) is 20.6. The van der Waals surface area contributed by atoms with Crippen LogP contribution >= 0.6 is 24.0 Å². The van der Waals surface area contributed by atoms with Gasteiger partial charge in [0.2, 0.25) is 5.91 Å². The molecule has 1 atom stereocenters. The number of para-hydroxylation sites is 1. The largest absolute Gasteiger partial charge is 0.371 e. The molecule has 2 N–H and O–H groups in total. The van der Waals surface area contributed by atoms with E-state index in [1.165, 1.54) is 11.3 Å². The molecule has 3 rings (SSSR count). The third-order valence-corrected chi connectivity index (χ3v) is 5.48. The Hall–Kier alpha value is -2.29. The molecule has 0 aliphatic carbocycles. The van der Waals surface area contributed by atoms with Crippen LogP contribution in [0.3, 0.4) is 0 Å². The number of nitrogens with zero attached hydrogens (tertiary/aromatic N) is 3. The lowest BCUT2D eigenvalue weighted by Crippen LogP contribution is -2.49. The van der Waals surface area contributed by atoms with Gasteiger partial charge in [-0.25, -0.2) is 4.99 Å². The van der Waals surface area contributed by atoms with Gasteiger partial charge in [-0.1, -0.05) is 48.5 Å². The highest BCUT2D eigenvalue weighted by Crippen LogP contribution is 2.19. The van der Waals surface area contributed by atoms with Crippen LogP contribution in [0, 0.1) is 0 Å². The van der Waals surface area contributed by atoms with Gasteiger partial charge in [0.25, 0.3) is 0 Å². The van der Waals surface area contributed by atoms with E-state index in [0.29, 0.717) is 12.0 Å². The Bertz CT molecular complexity index is 820. The molecule has 0 bridgehead atoms. The molecule has 2 aromatic rings. The number of hydrogen-bond acceptors (Lipinski definition) is 3. The Labute approximate surface area is 203 Å². The van der Waals surface area contributed by atoms with Gasteiger partial charge >= 0.3 is 0 Å². The molecule has 7 heteroatoms. The second-order valence-electron chi connectivity index (χ2n) is 7.97. The fourth-order valence-corrected chi connectivity index (χ4v) is 3.57. The SMILES string of the molecule is CC(NC(=NCC(=O)N(C)C)NC1CCN(c2ccccc2)CC1)c1ccccc1.I. The average Bonchev–Trinajstić information content (AvgIpc) is 2.78. The minimum absolute atomic E-state index is 0. The number of carbonyl (C=O) groups is 1. The van der Waals surface area contributed by atoms with E-state index in [4.69, 9.17) is 0 Å². The third-order valence-electron chi connectivity index (χ3n) is 5.48. The lowest BCUT2D eigenvalue weighted by atomic mass is 10.0. The summed E-state index contributed by atoms with van der Waals surface area (Å²) in [6.07, 6.45) is 2.05. The van der Waals surface area contributed by atoms with Gasteiger partial charge < -0.3 is 20.4 Å².